The summed E-state index contributed by atoms with van der Waals surface area (Å²) < 4.78 is 2.46. The Morgan fingerprint density at radius 1 is 0.727 bits per heavy atom. The van der Waals surface area contributed by atoms with Crippen LogP contribution in [0.5, 0.6) is 0 Å². The molecule has 0 fully saturated rings. The number of benzene rings is 4. The molecule has 0 amide bonds. The van der Waals surface area contributed by atoms with Crippen LogP contribution >= 0.6 is 0 Å². The van der Waals surface area contributed by atoms with Crippen molar-refractivity contribution in [3.63, 3.8) is 0 Å². The van der Waals surface area contributed by atoms with Crippen LogP contribution in [-0.4, -0.2) is 9.55 Å². The summed E-state index contributed by atoms with van der Waals surface area (Å²) in [6.45, 7) is 2.36. The number of nitrogens with zero attached hydrogens (tertiary/aromatic N) is 1. The third kappa shape index (κ3) is 2.74. The van der Waals surface area contributed by atoms with E-state index in [1.807, 2.05) is 0 Å². The lowest BCUT2D eigenvalue weighted by atomic mass is 9.83. The fraction of sp³-hybridized carbons (Fsp3) is 0.0968. The second-order valence-corrected chi connectivity index (χ2v) is 9.18. The molecule has 6 aromatic rings. The highest BCUT2D eigenvalue weighted by Gasteiger charge is 2.26. The van der Waals surface area contributed by atoms with Crippen LogP contribution in [-0.2, 0) is 6.42 Å². The van der Waals surface area contributed by atoms with E-state index in [1.165, 1.54) is 60.8 Å². The molecule has 7 rings (SSSR count). The van der Waals surface area contributed by atoms with Crippen molar-refractivity contribution in [1.82, 2.24) is 9.55 Å². The maximum Gasteiger partial charge on any atom is 0.0537 e. The van der Waals surface area contributed by atoms with Crippen molar-refractivity contribution in [2.24, 2.45) is 5.92 Å². The molecule has 1 N–H and O–H groups in total. The zero-order chi connectivity index (χ0) is 21.9. The average Bonchev–Trinajstić information content (AvgIpc) is 3.39. The summed E-state index contributed by atoms with van der Waals surface area (Å²) in [7, 11) is 0. The van der Waals surface area contributed by atoms with Gasteiger partial charge in [0, 0.05) is 44.1 Å². The van der Waals surface area contributed by atoms with Crippen LogP contribution in [0.25, 0.3) is 50.0 Å². The molecule has 2 heterocycles. The molecule has 0 radical (unpaired) electrons. The number of fused-ring (bicyclic) bond motifs is 6. The predicted octanol–water partition coefficient (Wildman–Crippen LogP) is 8.00. The minimum atomic E-state index is 0.437. The Morgan fingerprint density at radius 3 is 2.33 bits per heavy atom. The van der Waals surface area contributed by atoms with Gasteiger partial charge in [0.25, 0.3) is 0 Å². The molecule has 2 aromatic heterocycles. The lowest BCUT2D eigenvalue weighted by Gasteiger charge is -2.24. The zero-order valence-corrected chi connectivity index (χ0v) is 18.5. The first-order valence-electron chi connectivity index (χ1n) is 11.7. The van der Waals surface area contributed by atoms with Gasteiger partial charge in [-0.1, -0.05) is 67.6 Å². The lowest BCUT2D eigenvalue weighted by molar-refractivity contribution is 0.708. The van der Waals surface area contributed by atoms with E-state index in [0.29, 0.717) is 5.92 Å². The highest BCUT2D eigenvalue weighted by atomic mass is 15.0. The molecule has 2 nitrogen and oxygen atoms in total. The van der Waals surface area contributed by atoms with Crippen LogP contribution in [0.4, 0.5) is 0 Å². The maximum absolute atomic E-state index is 3.56. The summed E-state index contributed by atoms with van der Waals surface area (Å²) >= 11 is 0. The summed E-state index contributed by atoms with van der Waals surface area (Å²) in [4.78, 5) is 3.56. The highest BCUT2D eigenvalue weighted by Crippen LogP contribution is 2.41. The Balaban J connectivity index is 1.46. The Morgan fingerprint density at radius 2 is 1.45 bits per heavy atom. The topological polar surface area (TPSA) is 20.7 Å². The number of aromatic nitrogens is 2. The molecule has 1 aliphatic carbocycles. The third-order valence-corrected chi connectivity index (χ3v) is 7.20. The van der Waals surface area contributed by atoms with Gasteiger partial charge in [-0.2, -0.15) is 0 Å². The van der Waals surface area contributed by atoms with Crippen LogP contribution < -0.4 is 0 Å². The van der Waals surface area contributed by atoms with Crippen molar-refractivity contribution in [2.45, 2.75) is 13.3 Å². The fourth-order valence-electron chi connectivity index (χ4n) is 5.65. The van der Waals surface area contributed by atoms with E-state index < -0.39 is 0 Å². The summed E-state index contributed by atoms with van der Waals surface area (Å²) in [6.07, 6.45) is 3.47. The number of nitrogens with one attached hydrogen (secondary N) is 1. The SMILES string of the molecule is CC1Cc2c(c3ccccc3n2-c2ccccc2)C=C1c1ccc2[nH]c3ccccc3c2c1. The van der Waals surface area contributed by atoms with Gasteiger partial charge in [-0.25, -0.2) is 0 Å². The number of hydrogen-bond acceptors (Lipinski definition) is 0. The van der Waals surface area contributed by atoms with Gasteiger partial charge in [-0.3, -0.25) is 0 Å². The first-order chi connectivity index (χ1) is 16.3. The first-order valence-corrected chi connectivity index (χ1v) is 11.7. The predicted molar refractivity (Wildman–Crippen MR) is 140 cm³/mol. The molecule has 1 aliphatic rings. The Hall–Kier alpha value is -4.04. The third-order valence-electron chi connectivity index (χ3n) is 7.20. The summed E-state index contributed by atoms with van der Waals surface area (Å²) in [5, 5.41) is 3.92. The van der Waals surface area contributed by atoms with Crippen molar-refractivity contribution in [2.75, 3.05) is 0 Å². The molecule has 1 atom stereocenters. The largest absolute Gasteiger partial charge is 0.355 e. The van der Waals surface area contributed by atoms with E-state index in [1.54, 1.807) is 0 Å². The molecular weight excluding hydrogens is 400 g/mol. The van der Waals surface area contributed by atoms with Gasteiger partial charge in [-0.05, 0) is 65.9 Å². The molecule has 0 aliphatic heterocycles. The summed E-state index contributed by atoms with van der Waals surface area (Å²) in [6, 6.07) is 35.0. The van der Waals surface area contributed by atoms with Gasteiger partial charge in [0.15, 0.2) is 0 Å². The Bertz CT molecular complexity index is 1700. The number of para-hydroxylation sites is 3. The van der Waals surface area contributed by atoms with E-state index in [4.69, 9.17) is 0 Å². The van der Waals surface area contributed by atoms with Gasteiger partial charge >= 0.3 is 0 Å². The molecule has 4 aromatic carbocycles. The first kappa shape index (κ1) is 18.5. The summed E-state index contributed by atoms with van der Waals surface area (Å²) in [5.41, 5.74) is 10.4. The number of hydrogen-bond donors (Lipinski definition) is 1. The molecule has 1 unspecified atom stereocenters. The van der Waals surface area contributed by atoms with Gasteiger partial charge in [0.1, 0.15) is 0 Å². The smallest absolute Gasteiger partial charge is 0.0537 e. The number of aromatic amines is 1. The van der Waals surface area contributed by atoms with Crippen LogP contribution in [0.1, 0.15) is 23.7 Å². The van der Waals surface area contributed by atoms with E-state index in [0.717, 1.165) is 6.42 Å². The minimum Gasteiger partial charge on any atom is -0.355 e. The molecular formula is C31H24N2. The monoisotopic (exact) mass is 424 g/mol. The molecule has 0 saturated carbocycles. The van der Waals surface area contributed by atoms with Crippen molar-refractivity contribution in [3.8, 4) is 5.69 Å². The molecule has 33 heavy (non-hydrogen) atoms. The number of H-pyrrole nitrogens is 1. The van der Waals surface area contributed by atoms with E-state index in [-0.39, 0.29) is 0 Å². The van der Waals surface area contributed by atoms with Crippen LogP contribution in [0, 0.1) is 5.92 Å². The molecule has 158 valence electrons. The number of rotatable bonds is 2. The van der Waals surface area contributed by atoms with Crippen LogP contribution in [0.2, 0.25) is 0 Å². The van der Waals surface area contributed by atoms with Crippen molar-refractivity contribution in [3.05, 3.63) is 114 Å². The lowest BCUT2D eigenvalue weighted by Crippen LogP contribution is -2.12. The van der Waals surface area contributed by atoms with Crippen molar-refractivity contribution in [1.29, 1.82) is 0 Å². The van der Waals surface area contributed by atoms with E-state index >= 15 is 0 Å². The van der Waals surface area contributed by atoms with Gasteiger partial charge in [-0.15, -0.1) is 0 Å². The van der Waals surface area contributed by atoms with Crippen molar-refractivity contribution < 1.29 is 0 Å². The van der Waals surface area contributed by atoms with Crippen LogP contribution in [0.15, 0.2) is 97.1 Å². The fourth-order valence-corrected chi connectivity index (χ4v) is 5.65. The zero-order valence-electron chi connectivity index (χ0n) is 18.5. The van der Waals surface area contributed by atoms with Crippen molar-refractivity contribution >= 4 is 44.4 Å². The maximum atomic E-state index is 3.56. The minimum absolute atomic E-state index is 0.437. The van der Waals surface area contributed by atoms with E-state index in [2.05, 4.69) is 120 Å². The molecule has 2 heteroatoms. The van der Waals surface area contributed by atoms with Gasteiger partial charge in [0.2, 0.25) is 0 Å². The van der Waals surface area contributed by atoms with Gasteiger partial charge < -0.3 is 9.55 Å². The standard InChI is InChI=1S/C31H24N2/c1-20-17-31-27(24-12-6-8-14-30(24)33(31)22-9-3-2-4-10-22)19-25(20)21-15-16-29-26(18-21)23-11-5-7-13-28(23)32-29/h2-16,18-20,32H,17H2,1H3. The second-order valence-electron chi connectivity index (χ2n) is 9.18. The van der Waals surface area contributed by atoms with E-state index in [9.17, 15) is 0 Å². The molecule has 0 bridgehead atoms. The normalized spacial score (nSPS) is 15.8. The quantitative estimate of drug-likeness (QED) is 0.291. The Labute approximate surface area is 192 Å². The average molecular weight is 425 g/mol. The Kier molecular flexibility index (Phi) is 3.92. The van der Waals surface area contributed by atoms with Crippen LogP contribution in [0.3, 0.4) is 0 Å². The highest BCUT2D eigenvalue weighted by molar-refractivity contribution is 6.09. The molecule has 0 spiro atoms. The summed E-state index contributed by atoms with van der Waals surface area (Å²) in [5.74, 6) is 0.437. The van der Waals surface area contributed by atoms with Gasteiger partial charge in [0.05, 0.1) is 5.52 Å². The number of allylic oxidation sites excluding steroid dienone is 1. The second kappa shape index (κ2) is 6.98. The molecule has 0 saturated heterocycles.